The van der Waals surface area contributed by atoms with Crippen molar-refractivity contribution in [3.8, 4) is 0 Å². The Kier molecular flexibility index (Phi) is 6.96. The number of hydrogen-bond donors (Lipinski definition) is 2. The third-order valence-electron chi connectivity index (χ3n) is 5.14. The van der Waals surface area contributed by atoms with Crippen molar-refractivity contribution in [3.63, 3.8) is 0 Å². The van der Waals surface area contributed by atoms with E-state index in [-0.39, 0.29) is 12.1 Å². The summed E-state index contributed by atoms with van der Waals surface area (Å²) in [7, 11) is 0. The number of amides is 2. The van der Waals surface area contributed by atoms with Crippen LogP contribution in [0.5, 0.6) is 0 Å². The van der Waals surface area contributed by atoms with Gasteiger partial charge in [0.1, 0.15) is 0 Å². The fourth-order valence-electron chi connectivity index (χ4n) is 3.70. The molecular formula is C19H28ClN3O2. The normalized spacial score (nSPS) is 20.8. The lowest BCUT2D eigenvalue weighted by Gasteiger charge is -2.35. The Morgan fingerprint density at radius 3 is 2.52 bits per heavy atom. The smallest absolute Gasteiger partial charge is 0.315 e. The van der Waals surface area contributed by atoms with Gasteiger partial charge in [0.05, 0.1) is 19.3 Å². The van der Waals surface area contributed by atoms with Crippen molar-refractivity contribution in [2.75, 3.05) is 32.8 Å². The molecule has 1 saturated heterocycles. The van der Waals surface area contributed by atoms with E-state index in [0.717, 1.165) is 44.2 Å². The fraction of sp³-hybridized carbons (Fsp3) is 0.632. The van der Waals surface area contributed by atoms with Crippen LogP contribution in [0.3, 0.4) is 0 Å². The molecule has 1 atom stereocenters. The van der Waals surface area contributed by atoms with Crippen LogP contribution in [0.2, 0.25) is 5.02 Å². The van der Waals surface area contributed by atoms with Crippen molar-refractivity contribution < 1.29 is 9.53 Å². The summed E-state index contributed by atoms with van der Waals surface area (Å²) < 4.78 is 5.47. The molecule has 25 heavy (non-hydrogen) atoms. The molecule has 0 aromatic heterocycles. The molecule has 2 N–H and O–H groups in total. The zero-order valence-electron chi connectivity index (χ0n) is 14.7. The molecule has 0 bridgehead atoms. The van der Waals surface area contributed by atoms with Gasteiger partial charge >= 0.3 is 6.03 Å². The van der Waals surface area contributed by atoms with Crippen molar-refractivity contribution >= 4 is 17.6 Å². The molecule has 0 spiro atoms. The zero-order valence-corrected chi connectivity index (χ0v) is 15.4. The number of nitrogens with zero attached hydrogens (tertiary/aromatic N) is 1. The number of urea groups is 1. The molecule has 1 heterocycles. The molecule has 2 aliphatic rings. The summed E-state index contributed by atoms with van der Waals surface area (Å²) >= 11 is 6.02. The molecule has 1 unspecified atom stereocenters. The first-order chi connectivity index (χ1) is 12.2. The molecule has 138 valence electrons. The van der Waals surface area contributed by atoms with E-state index in [9.17, 15) is 4.79 Å². The maximum absolute atomic E-state index is 12.3. The Balaban J connectivity index is 1.58. The van der Waals surface area contributed by atoms with Gasteiger partial charge in [0.2, 0.25) is 0 Å². The quantitative estimate of drug-likeness (QED) is 0.841. The third kappa shape index (κ3) is 5.59. The van der Waals surface area contributed by atoms with Gasteiger partial charge in [0.25, 0.3) is 0 Å². The molecule has 2 amide bonds. The molecule has 2 fully saturated rings. The summed E-state index contributed by atoms with van der Waals surface area (Å²) in [5.74, 6) is 0. The minimum Gasteiger partial charge on any atom is -0.379 e. The van der Waals surface area contributed by atoms with Gasteiger partial charge in [0.15, 0.2) is 0 Å². The number of rotatable bonds is 5. The Bertz CT molecular complexity index is 540. The van der Waals surface area contributed by atoms with Crippen LogP contribution in [0, 0.1) is 0 Å². The van der Waals surface area contributed by atoms with Gasteiger partial charge in [0, 0.05) is 30.7 Å². The van der Waals surface area contributed by atoms with E-state index in [4.69, 9.17) is 16.3 Å². The molecule has 1 aliphatic heterocycles. The van der Waals surface area contributed by atoms with Gasteiger partial charge in [-0.05, 0) is 30.5 Å². The second-order valence-electron chi connectivity index (χ2n) is 6.90. The Hall–Kier alpha value is -1.30. The van der Waals surface area contributed by atoms with Crippen LogP contribution in [0.25, 0.3) is 0 Å². The lowest BCUT2D eigenvalue weighted by atomic mass is 9.96. The van der Waals surface area contributed by atoms with E-state index in [1.165, 1.54) is 24.8 Å². The van der Waals surface area contributed by atoms with Crippen LogP contribution in [-0.4, -0.2) is 49.8 Å². The van der Waals surface area contributed by atoms with E-state index in [1.54, 1.807) is 0 Å². The van der Waals surface area contributed by atoms with Gasteiger partial charge in [-0.2, -0.15) is 0 Å². The summed E-state index contributed by atoms with van der Waals surface area (Å²) in [6.07, 6.45) is 5.91. The lowest BCUT2D eigenvalue weighted by Crippen LogP contribution is -2.47. The predicted octanol–water partition coefficient (Wildman–Crippen LogP) is 3.35. The monoisotopic (exact) mass is 365 g/mol. The number of carbonyl (C=O) groups is 1. The first kappa shape index (κ1) is 18.5. The number of carbonyl (C=O) groups excluding carboxylic acids is 1. The Labute approximate surface area is 155 Å². The fourth-order valence-corrected chi connectivity index (χ4v) is 3.83. The minimum atomic E-state index is -0.0564. The summed E-state index contributed by atoms with van der Waals surface area (Å²) in [6.45, 7) is 3.80. The summed E-state index contributed by atoms with van der Waals surface area (Å²) in [4.78, 5) is 14.7. The van der Waals surface area contributed by atoms with Gasteiger partial charge in [-0.15, -0.1) is 0 Å². The topological polar surface area (TPSA) is 53.6 Å². The number of morpholine rings is 1. The Morgan fingerprint density at radius 2 is 1.84 bits per heavy atom. The molecular weight excluding hydrogens is 338 g/mol. The summed E-state index contributed by atoms with van der Waals surface area (Å²) in [5.41, 5.74) is 1.17. The second kappa shape index (κ2) is 9.41. The van der Waals surface area contributed by atoms with E-state index in [2.05, 4.69) is 15.5 Å². The van der Waals surface area contributed by atoms with Crippen molar-refractivity contribution in [2.45, 2.75) is 44.2 Å². The highest BCUT2D eigenvalue weighted by Gasteiger charge is 2.24. The summed E-state index contributed by atoms with van der Waals surface area (Å²) in [5, 5.41) is 6.93. The lowest BCUT2D eigenvalue weighted by molar-refractivity contribution is 0.0167. The Morgan fingerprint density at radius 1 is 1.16 bits per heavy atom. The van der Waals surface area contributed by atoms with Crippen LogP contribution in [0.1, 0.15) is 43.7 Å². The average Bonchev–Trinajstić information content (AvgIpc) is 2.65. The number of benzene rings is 1. The highest BCUT2D eigenvalue weighted by molar-refractivity contribution is 6.30. The van der Waals surface area contributed by atoms with Crippen LogP contribution in [0.15, 0.2) is 24.3 Å². The molecule has 5 nitrogen and oxygen atoms in total. The van der Waals surface area contributed by atoms with Crippen molar-refractivity contribution in [3.05, 3.63) is 34.9 Å². The van der Waals surface area contributed by atoms with Crippen LogP contribution < -0.4 is 10.6 Å². The molecule has 3 rings (SSSR count). The van der Waals surface area contributed by atoms with E-state index in [0.29, 0.717) is 12.6 Å². The molecule has 1 saturated carbocycles. The van der Waals surface area contributed by atoms with Crippen molar-refractivity contribution in [2.24, 2.45) is 0 Å². The molecule has 0 radical (unpaired) electrons. The van der Waals surface area contributed by atoms with Crippen LogP contribution in [-0.2, 0) is 4.74 Å². The number of nitrogens with one attached hydrogen (secondary N) is 2. The summed E-state index contributed by atoms with van der Waals surface area (Å²) in [6, 6.07) is 8.31. The first-order valence-electron chi connectivity index (χ1n) is 9.34. The second-order valence-corrected chi connectivity index (χ2v) is 7.34. The average molecular weight is 366 g/mol. The maximum Gasteiger partial charge on any atom is 0.315 e. The van der Waals surface area contributed by atoms with Crippen molar-refractivity contribution in [1.29, 1.82) is 0 Å². The van der Waals surface area contributed by atoms with E-state index < -0.39 is 0 Å². The van der Waals surface area contributed by atoms with E-state index >= 15 is 0 Å². The van der Waals surface area contributed by atoms with Crippen LogP contribution in [0.4, 0.5) is 4.79 Å². The SMILES string of the molecule is O=C(NCC(c1ccc(Cl)cc1)N1CCOCC1)NC1CCCCC1. The molecule has 1 aromatic rings. The maximum atomic E-state index is 12.3. The zero-order chi connectivity index (χ0) is 17.5. The van der Waals surface area contributed by atoms with Gasteiger partial charge < -0.3 is 15.4 Å². The predicted molar refractivity (Wildman–Crippen MR) is 100.0 cm³/mol. The number of ether oxygens (including phenoxy) is 1. The van der Waals surface area contributed by atoms with Gasteiger partial charge in [-0.25, -0.2) is 4.79 Å². The minimum absolute atomic E-state index is 0.0564. The number of halogens is 1. The van der Waals surface area contributed by atoms with Crippen molar-refractivity contribution in [1.82, 2.24) is 15.5 Å². The highest BCUT2D eigenvalue weighted by Crippen LogP contribution is 2.23. The van der Waals surface area contributed by atoms with Gasteiger partial charge in [-0.3, -0.25) is 4.90 Å². The third-order valence-corrected chi connectivity index (χ3v) is 5.39. The standard InChI is InChI=1S/C19H28ClN3O2/c20-16-8-6-15(7-9-16)18(23-10-12-25-13-11-23)14-21-19(24)22-17-4-2-1-3-5-17/h6-9,17-18H,1-5,10-14H2,(H2,21,22,24). The molecule has 6 heteroatoms. The van der Waals surface area contributed by atoms with Crippen LogP contribution >= 0.6 is 11.6 Å². The molecule has 1 aromatic carbocycles. The number of hydrogen-bond acceptors (Lipinski definition) is 3. The van der Waals surface area contributed by atoms with E-state index in [1.807, 2.05) is 24.3 Å². The molecule has 1 aliphatic carbocycles. The largest absolute Gasteiger partial charge is 0.379 e. The first-order valence-corrected chi connectivity index (χ1v) is 9.72. The highest BCUT2D eigenvalue weighted by atomic mass is 35.5. The van der Waals surface area contributed by atoms with Gasteiger partial charge in [-0.1, -0.05) is 43.0 Å².